The average Bonchev–Trinajstić information content (AvgIpc) is 2.48. The Morgan fingerprint density at radius 1 is 1.13 bits per heavy atom. The summed E-state index contributed by atoms with van der Waals surface area (Å²) in [5, 5.41) is 0. The Hall–Kier alpha value is 0. The summed E-state index contributed by atoms with van der Waals surface area (Å²) in [6, 6.07) is 0. The van der Waals surface area contributed by atoms with Crippen LogP contribution in [-0.2, 0) is 0 Å². The number of hydrogen-bond acceptors (Lipinski definition) is 0. The molecule has 0 heteroatoms. The van der Waals surface area contributed by atoms with Crippen LogP contribution in [0.4, 0.5) is 0 Å². The molecular formula is C15H28. The van der Waals surface area contributed by atoms with Crippen LogP contribution in [0.1, 0.15) is 60.8 Å². The summed E-state index contributed by atoms with van der Waals surface area (Å²) in [6.07, 6.45) is 4.49. The van der Waals surface area contributed by atoms with Crippen molar-refractivity contribution in [3.05, 3.63) is 0 Å². The Labute approximate surface area is 95.8 Å². The highest BCUT2D eigenvalue weighted by atomic mass is 14.7. The van der Waals surface area contributed by atoms with Crippen LogP contribution in [-0.4, -0.2) is 0 Å². The summed E-state index contributed by atoms with van der Waals surface area (Å²) in [5.41, 5.74) is 1.39. The van der Waals surface area contributed by atoms with Crippen molar-refractivity contribution in [2.75, 3.05) is 0 Å². The second-order valence-corrected chi connectivity index (χ2v) is 7.42. The maximum Gasteiger partial charge on any atom is -0.0212 e. The maximum atomic E-state index is 2.50. The summed E-state index contributed by atoms with van der Waals surface area (Å²) in [6.45, 7) is 14.7. The molecule has 4 unspecified atom stereocenters. The van der Waals surface area contributed by atoms with E-state index in [2.05, 4.69) is 41.5 Å². The van der Waals surface area contributed by atoms with Crippen molar-refractivity contribution in [2.24, 2.45) is 34.5 Å². The van der Waals surface area contributed by atoms with Crippen molar-refractivity contribution in [3.8, 4) is 0 Å². The predicted octanol–water partition coefficient (Wildman–Crippen LogP) is 4.74. The Kier molecular flexibility index (Phi) is 2.48. The van der Waals surface area contributed by atoms with Gasteiger partial charge in [0.25, 0.3) is 0 Å². The van der Waals surface area contributed by atoms with Gasteiger partial charge in [-0.25, -0.2) is 0 Å². The fourth-order valence-electron chi connectivity index (χ4n) is 4.31. The van der Waals surface area contributed by atoms with Gasteiger partial charge in [0.05, 0.1) is 0 Å². The molecule has 0 N–H and O–H groups in total. The highest BCUT2D eigenvalue weighted by Crippen LogP contribution is 2.75. The summed E-state index contributed by atoms with van der Waals surface area (Å²) in [4.78, 5) is 0. The van der Waals surface area contributed by atoms with E-state index >= 15 is 0 Å². The van der Waals surface area contributed by atoms with E-state index in [1.54, 1.807) is 0 Å². The SMILES string of the molecule is CC(C)C(C)C1CC(C)C2(C1)CC2(C)C. The van der Waals surface area contributed by atoms with Gasteiger partial charge < -0.3 is 0 Å². The van der Waals surface area contributed by atoms with Crippen molar-refractivity contribution < 1.29 is 0 Å². The number of rotatable bonds is 2. The van der Waals surface area contributed by atoms with E-state index in [0.29, 0.717) is 5.41 Å². The standard InChI is InChI=1S/C15H28/c1-10(2)12(4)13-7-11(3)15(8-13)9-14(15,5)6/h10-13H,7-9H2,1-6H3. The first-order valence-corrected chi connectivity index (χ1v) is 6.80. The summed E-state index contributed by atoms with van der Waals surface area (Å²) >= 11 is 0. The lowest BCUT2D eigenvalue weighted by atomic mass is 9.82. The van der Waals surface area contributed by atoms with Crippen LogP contribution in [0.25, 0.3) is 0 Å². The summed E-state index contributed by atoms with van der Waals surface area (Å²) in [5.74, 6) is 3.75. The first kappa shape index (κ1) is 11.5. The highest BCUT2D eigenvalue weighted by molar-refractivity contribution is 5.15. The maximum absolute atomic E-state index is 2.50. The van der Waals surface area contributed by atoms with E-state index in [-0.39, 0.29) is 0 Å². The quantitative estimate of drug-likeness (QED) is 0.615. The lowest BCUT2D eigenvalue weighted by Crippen LogP contribution is -2.15. The van der Waals surface area contributed by atoms with Gasteiger partial charge in [0.1, 0.15) is 0 Å². The van der Waals surface area contributed by atoms with E-state index < -0.39 is 0 Å². The zero-order valence-corrected chi connectivity index (χ0v) is 11.4. The number of hydrogen-bond donors (Lipinski definition) is 0. The molecule has 15 heavy (non-hydrogen) atoms. The second kappa shape index (κ2) is 3.25. The molecule has 2 aliphatic rings. The molecule has 0 aromatic rings. The topological polar surface area (TPSA) is 0 Å². The second-order valence-electron chi connectivity index (χ2n) is 7.42. The minimum Gasteiger partial charge on any atom is -0.0625 e. The molecule has 1 spiro atoms. The summed E-state index contributed by atoms with van der Waals surface area (Å²) < 4.78 is 0. The zero-order valence-electron chi connectivity index (χ0n) is 11.4. The Morgan fingerprint density at radius 3 is 2.00 bits per heavy atom. The van der Waals surface area contributed by atoms with Crippen LogP contribution in [0.2, 0.25) is 0 Å². The van der Waals surface area contributed by atoms with Gasteiger partial charge >= 0.3 is 0 Å². The van der Waals surface area contributed by atoms with Gasteiger partial charge in [-0.05, 0) is 53.8 Å². The van der Waals surface area contributed by atoms with Crippen LogP contribution in [0.3, 0.4) is 0 Å². The van der Waals surface area contributed by atoms with Crippen molar-refractivity contribution >= 4 is 0 Å². The molecule has 0 radical (unpaired) electrons. The molecule has 2 saturated carbocycles. The molecule has 88 valence electrons. The molecule has 4 atom stereocenters. The van der Waals surface area contributed by atoms with Gasteiger partial charge in [0, 0.05) is 0 Å². The lowest BCUT2D eigenvalue weighted by molar-refractivity contribution is 0.261. The molecule has 0 heterocycles. The van der Waals surface area contributed by atoms with Crippen LogP contribution in [0, 0.1) is 34.5 Å². The fraction of sp³-hybridized carbons (Fsp3) is 1.00. The molecule has 0 saturated heterocycles. The van der Waals surface area contributed by atoms with Crippen molar-refractivity contribution in [2.45, 2.75) is 60.8 Å². The molecule has 0 aromatic heterocycles. The Balaban J connectivity index is 2.06. The zero-order chi connectivity index (χ0) is 11.4. The van der Waals surface area contributed by atoms with Crippen molar-refractivity contribution in [1.82, 2.24) is 0 Å². The fourth-order valence-corrected chi connectivity index (χ4v) is 4.31. The largest absolute Gasteiger partial charge is 0.0625 e. The third-order valence-corrected chi connectivity index (χ3v) is 6.00. The molecule has 2 aliphatic carbocycles. The van der Waals surface area contributed by atoms with Gasteiger partial charge in [0.15, 0.2) is 0 Å². The van der Waals surface area contributed by atoms with Crippen LogP contribution in [0.5, 0.6) is 0 Å². The van der Waals surface area contributed by atoms with Crippen LogP contribution < -0.4 is 0 Å². The van der Waals surface area contributed by atoms with E-state index in [4.69, 9.17) is 0 Å². The van der Waals surface area contributed by atoms with Crippen LogP contribution in [0.15, 0.2) is 0 Å². The predicted molar refractivity (Wildman–Crippen MR) is 66.7 cm³/mol. The Morgan fingerprint density at radius 2 is 1.67 bits per heavy atom. The first-order chi connectivity index (χ1) is 6.80. The van der Waals surface area contributed by atoms with E-state index in [9.17, 15) is 0 Å². The minimum atomic E-state index is 0.651. The Bertz CT molecular complexity index is 251. The molecule has 0 amide bonds. The molecule has 2 rings (SSSR count). The molecule has 2 fully saturated rings. The van der Waals surface area contributed by atoms with Gasteiger partial charge in [-0.1, -0.05) is 41.5 Å². The smallest absolute Gasteiger partial charge is 0.0212 e. The van der Waals surface area contributed by atoms with Crippen molar-refractivity contribution in [1.29, 1.82) is 0 Å². The molecule has 0 aromatic carbocycles. The minimum absolute atomic E-state index is 0.651. The van der Waals surface area contributed by atoms with Crippen LogP contribution >= 0.6 is 0 Å². The van der Waals surface area contributed by atoms with Crippen molar-refractivity contribution in [3.63, 3.8) is 0 Å². The van der Waals surface area contributed by atoms with E-state index in [1.165, 1.54) is 19.3 Å². The molecule has 0 aliphatic heterocycles. The molecular weight excluding hydrogens is 180 g/mol. The summed E-state index contributed by atoms with van der Waals surface area (Å²) in [7, 11) is 0. The third-order valence-electron chi connectivity index (χ3n) is 6.00. The van der Waals surface area contributed by atoms with Gasteiger partial charge in [-0.15, -0.1) is 0 Å². The monoisotopic (exact) mass is 208 g/mol. The first-order valence-electron chi connectivity index (χ1n) is 6.80. The van der Waals surface area contributed by atoms with Gasteiger partial charge in [0.2, 0.25) is 0 Å². The average molecular weight is 208 g/mol. The lowest BCUT2D eigenvalue weighted by Gasteiger charge is -2.23. The third kappa shape index (κ3) is 1.56. The van der Waals surface area contributed by atoms with Gasteiger partial charge in [-0.3, -0.25) is 0 Å². The van der Waals surface area contributed by atoms with E-state index in [0.717, 1.165) is 29.1 Å². The van der Waals surface area contributed by atoms with E-state index in [1.807, 2.05) is 0 Å². The molecule has 0 bridgehead atoms. The van der Waals surface area contributed by atoms with Gasteiger partial charge in [-0.2, -0.15) is 0 Å². The highest BCUT2D eigenvalue weighted by Gasteiger charge is 2.66. The normalized spacial score (nSPS) is 45.0. The molecule has 0 nitrogen and oxygen atoms in total.